The summed E-state index contributed by atoms with van der Waals surface area (Å²) in [6.07, 6.45) is 8.23. The minimum absolute atomic E-state index is 0.507. The molecule has 134 valence electrons. The summed E-state index contributed by atoms with van der Waals surface area (Å²) in [6, 6.07) is 4.58. The summed E-state index contributed by atoms with van der Waals surface area (Å²) in [5.74, 6) is 2.22. The predicted molar refractivity (Wildman–Crippen MR) is 102 cm³/mol. The number of hydrogen-bond acceptors (Lipinski definition) is 6. The van der Waals surface area contributed by atoms with Gasteiger partial charge in [-0.05, 0) is 57.2 Å². The summed E-state index contributed by atoms with van der Waals surface area (Å²) in [6.45, 7) is 6.99. The molecular weight excluding hydrogens is 312 g/mol. The van der Waals surface area contributed by atoms with Gasteiger partial charge in [-0.25, -0.2) is 15.0 Å². The highest BCUT2D eigenvalue weighted by atomic mass is 15.2. The van der Waals surface area contributed by atoms with E-state index in [0.29, 0.717) is 17.4 Å². The summed E-state index contributed by atoms with van der Waals surface area (Å²) in [5, 5.41) is 1.00. The molecule has 2 atom stereocenters. The Hall–Kier alpha value is -1.95. The number of likely N-dealkylation sites (tertiary alicyclic amines) is 1. The van der Waals surface area contributed by atoms with Crippen LogP contribution in [0.3, 0.4) is 0 Å². The first-order chi connectivity index (χ1) is 12.2. The van der Waals surface area contributed by atoms with E-state index in [4.69, 9.17) is 5.73 Å². The summed E-state index contributed by atoms with van der Waals surface area (Å²) < 4.78 is 0. The highest BCUT2D eigenvalue weighted by molar-refractivity contribution is 5.87. The lowest BCUT2D eigenvalue weighted by Gasteiger charge is -2.40. The van der Waals surface area contributed by atoms with Crippen molar-refractivity contribution < 1.29 is 0 Å². The van der Waals surface area contributed by atoms with Crippen molar-refractivity contribution in [1.29, 1.82) is 0 Å². The summed E-state index contributed by atoms with van der Waals surface area (Å²) in [7, 11) is 0. The maximum atomic E-state index is 5.80. The van der Waals surface area contributed by atoms with E-state index in [0.717, 1.165) is 30.3 Å². The highest BCUT2D eigenvalue weighted by Crippen LogP contribution is 2.28. The zero-order valence-corrected chi connectivity index (χ0v) is 15.1. The Bertz CT molecular complexity index is 733. The van der Waals surface area contributed by atoms with Gasteiger partial charge in [0.2, 0.25) is 0 Å². The van der Waals surface area contributed by atoms with Gasteiger partial charge >= 0.3 is 0 Å². The van der Waals surface area contributed by atoms with Gasteiger partial charge in [-0.15, -0.1) is 0 Å². The smallest absolute Gasteiger partial charge is 0.166 e. The first kappa shape index (κ1) is 16.5. The zero-order chi connectivity index (χ0) is 17.2. The van der Waals surface area contributed by atoms with Crippen molar-refractivity contribution >= 4 is 22.7 Å². The lowest BCUT2D eigenvalue weighted by molar-refractivity contribution is 0.130. The molecule has 0 spiro atoms. The van der Waals surface area contributed by atoms with Crippen LogP contribution in [0.5, 0.6) is 0 Å². The number of rotatable bonds is 3. The minimum atomic E-state index is 0.507. The van der Waals surface area contributed by atoms with Crippen molar-refractivity contribution in [1.82, 2.24) is 19.9 Å². The highest BCUT2D eigenvalue weighted by Gasteiger charge is 2.27. The number of piperidine rings is 2. The van der Waals surface area contributed by atoms with E-state index in [-0.39, 0.29) is 0 Å². The fourth-order valence-electron chi connectivity index (χ4n) is 4.36. The fraction of sp³-hybridized carbons (Fsp3) is 0.632. The molecule has 0 bridgehead atoms. The number of nitrogens with zero attached hydrogens (tertiary/aromatic N) is 5. The molecule has 0 aromatic carbocycles. The maximum Gasteiger partial charge on any atom is 0.166 e. The van der Waals surface area contributed by atoms with Gasteiger partial charge in [-0.1, -0.05) is 6.42 Å². The first-order valence-corrected chi connectivity index (χ1v) is 9.57. The van der Waals surface area contributed by atoms with Gasteiger partial charge in [0.1, 0.15) is 18.0 Å². The Balaban J connectivity index is 1.51. The minimum Gasteiger partial charge on any atom is -0.384 e. The fourth-order valence-corrected chi connectivity index (χ4v) is 4.36. The molecule has 2 N–H and O–H groups in total. The third kappa shape index (κ3) is 3.54. The average Bonchev–Trinajstić information content (AvgIpc) is 2.63. The van der Waals surface area contributed by atoms with Crippen LogP contribution in [-0.4, -0.2) is 52.1 Å². The predicted octanol–water partition coefficient (Wildman–Crippen LogP) is 2.70. The molecule has 0 aliphatic carbocycles. The Kier molecular flexibility index (Phi) is 4.70. The molecule has 0 amide bonds. The Morgan fingerprint density at radius 3 is 2.92 bits per heavy atom. The molecule has 0 unspecified atom stereocenters. The molecule has 2 saturated heterocycles. The quantitative estimate of drug-likeness (QED) is 0.926. The molecule has 2 aliphatic rings. The number of pyridine rings is 1. The number of nitrogens with two attached hydrogens (primary N) is 1. The van der Waals surface area contributed by atoms with Gasteiger partial charge < -0.3 is 15.5 Å². The molecule has 2 aromatic rings. The van der Waals surface area contributed by atoms with Crippen molar-refractivity contribution in [2.75, 3.05) is 36.8 Å². The van der Waals surface area contributed by atoms with Crippen molar-refractivity contribution in [3.05, 3.63) is 18.5 Å². The molecule has 6 nitrogen and oxygen atoms in total. The Morgan fingerprint density at radius 2 is 2.04 bits per heavy atom. The first-order valence-electron chi connectivity index (χ1n) is 9.57. The van der Waals surface area contributed by atoms with E-state index in [9.17, 15) is 0 Å². The number of nitrogen functional groups attached to an aromatic ring is 1. The van der Waals surface area contributed by atoms with Crippen molar-refractivity contribution in [2.45, 2.75) is 45.1 Å². The summed E-state index contributed by atoms with van der Waals surface area (Å²) in [5.41, 5.74) is 6.49. The van der Waals surface area contributed by atoms with Gasteiger partial charge in [-0.3, -0.25) is 0 Å². The van der Waals surface area contributed by atoms with Gasteiger partial charge in [0.05, 0.1) is 5.39 Å². The van der Waals surface area contributed by atoms with Crippen molar-refractivity contribution in [2.24, 2.45) is 5.92 Å². The van der Waals surface area contributed by atoms with E-state index >= 15 is 0 Å². The van der Waals surface area contributed by atoms with Crippen LogP contribution in [0.1, 0.15) is 39.0 Å². The third-order valence-electron chi connectivity index (χ3n) is 5.75. The van der Waals surface area contributed by atoms with Crippen LogP contribution in [0.4, 0.5) is 11.6 Å². The molecule has 2 fully saturated rings. The topological polar surface area (TPSA) is 71.2 Å². The van der Waals surface area contributed by atoms with Gasteiger partial charge in [0, 0.05) is 25.7 Å². The number of hydrogen-bond donors (Lipinski definition) is 1. The standard InChI is InChI=1S/C19H28N6/c1-14-5-2-3-9-24(14)11-15-6-4-10-25(12-15)19-16-7-8-17(20)23-18(16)21-13-22-19/h7-8,13-15H,2-6,9-12H2,1H3,(H2,20,21,22,23)/t14-,15+/m1/s1. The number of fused-ring (bicyclic) bond motifs is 1. The molecule has 6 heteroatoms. The Morgan fingerprint density at radius 1 is 1.12 bits per heavy atom. The van der Waals surface area contributed by atoms with Crippen LogP contribution < -0.4 is 10.6 Å². The van der Waals surface area contributed by atoms with Crippen molar-refractivity contribution in [3.8, 4) is 0 Å². The van der Waals surface area contributed by atoms with Crippen LogP contribution in [-0.2, 0) is 0 Å². The SMILES string of the molecule is C[C@@H]1CCCCN1C[C@@H]1CCCN(c2ncnc3nc(N)ccc23)C1. The van der Waals surface area contributed by atoms with E-state index < -0.39 is 0 Å². The van der Waals surface area contributed by atoms with Crippen LogP contribution in [0, 0.1) is 5.92 Å². The molecule has 2 aliphatic heterocycles. The molecule has 4 rings (SSSR count). The second kappa shape index (κ2) is 7.12. The van der Waals surface area contributed by atoms with E-state index in [1.54, 1.807) is 6.33 Å². The van der Waals surface area contributed by atoms with Gasteiger partial charge in [-0.2, -0.15) is 0 Å². The second-order valence-electron chi connectivity index (χ2n) is 7.60. The van der Waals surface area contributed by atoms with Crippen LogP contribution >= 0.6 is 0 Å². The summed E-state index contributed by atoms with van der Waals surface area (Å²) in [4.78, 5) is 18.3. The Labute approximate surface area is 149 Å². The van der Waals surface area contributed by atoms with Crippen LogP contribution in [0.2, 0.25) is 0 Å². The maximum absolute atomic E-state index is 5.80. The second-order valence-corrected chi connectivity index (χ2v) is 7.60. The van der Waals surface area contributed by atoms with Gasteiger partial charge in [0.25, 0.3) is 0 Å². The molecule has 2 aromatic heterocycles. The monoisotopic (exact) mass is 340 g/mol. The lowest BCUT2D eigenvalue weighted by atomic mass is 9.94. The third-order valence-corrected chi connectivity index (χ3v) is 5.75. The molecular formula is C19H28N6. The van der Waals surface area contributed by atoms with Crippen molar-refractivity contribution in [3.63, 3.8) is 0 Å². The van der Waals surface area contributed by atoms with Crippen LogP contribution in [0.15, 0.2) is 18.5 Å². The van der Waals surface area contributed by atoms with Gasteiger partial charge in [0.15, 0.2) is 5.65 Å². The molecule has 0 saturated carbocycles. The lowest BCUT2D eigenvalue weighted by Crippen LogP contribution is -2.45. The van der Waals surface area contributed by atoms with Crippen LogP contribution in [0.25, 0.3) is 11.0 Å². The summed E-state index contributed by atoms with van der Waals surface area (Å²) >= 11 is 0. The van der Waals surface area contributed by atoms with E-state index in [1.165, 1.54) is 45.2 Å². The molecule has 25 heavy (non-hydrogen) atoms. The zero-order valence-electron chi connectivity index (χ0n) is 15.1. The average molecular weight is 340 g/mol. The number of aromatic nitrogens is 3. The normalized spacial score (nSPS) is 25.4. The molecule has 0 radical (unpaired) electrons. The number of anilines is 2. The van der Waals surface area contributed by atoms with E-state index in [2.05, 4.69) is 31.7 Å². The largest absolute Gasteiger partial charge is 0.384 e. The molecule has 4 heterocycles. The van der Waals surface area contributed by atoms with E-state index in [1.807, 2.05) is 12.1 Å².